The van der Waals surface area contributed by atoms with Crippen molar-refractivity contribution in [3.63, 3.8) is 0 Å². The highest BCUT2D eigenvalue weighted by Crippen LogP contribution is 2.24. The van der Waals surface area contributed by atoms with Gasteiger partial charge in [0.05, 0.1) is 6.42 Å². The molecule has 4 N–H and O–H groups in total. The lowest BCUT2D eigenvalue weighted by molar-refractivity contribution is -0.179. The van der Waals surface area contributed by atoms with Crippen molar-refractivity contribution in [2.45, 2.75) is 31.3 Å². The first-order valence-electron chi connectivity index (χ1n) is 5.22. The van der Waals surface area contributed by atoms with E-state index in [9.17, 15) is 19.2 Å². The predicted octanol–water partition coefficient (Wildman–Crippen LogP) is -0.359. The Bertz CT molecular complexity index is 375. The highest BCUT2D eigenvalue weighted by molar-refractivity contribution is 5.84. The maximum atomic E-state index is 11.1. The van der Waals surface area contributed by atoms with Crippen LogP contribution in [0.1, 0.15) is 25.7 Å². The molecule has 0 aromatic heterocycles. The zero-order valence-corrected chi connectivity index (χ0v) is 9.87. The van der Waals surface area contributed by atoms with Crippen LogP contribution in [0.3, 0.4) is 0 Å². The third-order valence-corrected chi connectivity index (χ3v) is 2.27. The van der Waals surface area contributed by atoms with Crippen LogP contribution in [0.15, 0.2) is 0 Å². The van der Waals surface area contributed by atoms with Gasteiger partial charge in [0.15, 0.2) is 5.60 Å². The molecule has 0 aliphatic heterocycles. The molecule has 0 aliphatic rings. The van der Waals surface area contributed by atoms with Crippen LogP contribution in [0.5, 0.6) is 0 Å². The molecule has 1 atom stereocenters. The van der Waals surface area contributed by atoms with Crippen molar-refractivity contribution in [1.82, 2.24) is 0 Å². The van der Waals surface area contributed by atoms with Gasteiger partial charge in [0.1, 0.15) is 6.61 Å². The summed E-state index contributed by atoms with van der Waals surface area (Å²) in [7, 11) is 0. The molecule has 0 radical (unpaired) electrons. The molecule has 0 spiro atoms. The van der Waals surface area contributed by atoms with E-state index in [0.717, 1.165) is 0 Å². The Kier molecular flexibility index (Phi) is 6.48. The topological polar surface area (TPSA) is 158 Å². The van der Waals surface area contributed by atoms with Crippen LogP contribution < -0.4 is 0 Å². The third kappa shape index (κ3) is 6.36. The van der Waals surface area contributed by atoms with Crippen molar-refractivity contribution < 1.29 is 44.3 Å². The van der Waals surface area contributed by atoms with Crippen molar-refractivity contribution in [1.29, 1.82) is 0 Å². The van der Waals surface area contributed by atoms with E-state index in [1.807, 2.05) is 0 Å². The van der Waals surface area contributed by atoms with Crippen LogP contribution in [-0.4, -0.2) is 56.5 Å². The molecule has 0 saturated heterocycles. The zero-order chi connectivity index (χ0) is 15.1. The monoisotopic (exact) mass is 278 g/mol. The minimum absolute atomic E-state index is 0.144. The summed E-state index contributed by atoms with van der Waals surface area (Å²) in [4.78, 5) is 42.5. The van der Waals surface area contributed by atoms with E-state index >= 15 is 0 Å². The molecule has 0 heterocycles. The van der Waals surface area contributed by atoms with E-state index in [-0.39, 0.29) is 12.8 Å². The molecule has 0 aromatic carbocycles. The molecule has 0 rings (SSSR count). The number of carboxylic acids is 4. The Hall–Kier alpha value is -2.16. The Morgan fingerprint density at radius 1 is 0.895 bits per heavy atom. The fourth-order valence-corrected chi connectivity index (χ4v) is 1.43. The Balaban J connectivity index is 4.90. The van der Waals surface area contributed by atoms with Crippen molar-refractivity contribution in [2.75, 3.05) is 6.61 Å². The first-order chi connectivity index (χ1) is 8.69. The lowest BCUT2D eigenvalue weighted by Gasteiger charge is -2.27. The van der Waals surface area contributed by atoms with E-state index in [1.54, 1.807) is 0 Å². The summed E-state index contributed by atoms with van der Waals surface area (Å²) in [5, 5.41) is 34.6. The van der Waals surface area contributed by atoms with Gasteiger partial charge < -0.3 is 25.2 Å². The summed E-state index contributed by atoms with van der Waals surface area (Å²) < 4.78 is 4.67. The van der Waals surface area contributed by atoms with Crippen LogP contribution >= 0.6 is 0 Å². The van der Waals surface area contributed by atoms with Crippen LogP contribution in [-0.2, 0) is 23.9 Å². The van der Waals surface area contributed by atoms with Gasteiger partial charge in [-0.15, -0.1) is 0 Å². The Morgan fingerprint density at radius 3 is 1.84 bits per heavy atom. The summed E-state index contributed by atoms with van der Waals surface area (Å²) in [6.07, 6.45) is -1.87. The Labute approximate surface area is 107 Å². The van der Waals surface area contributed by atoms with Gasteiger partial charge in [-0.2, -0.15) is 0 Å². The third-order valence-electron chi connectivity index (χ3n) is 2.27. The van der Waals surface area contributed by atoms with Gasteiger partial charge in [-0.1, -0.05) is 0 Å². The molecule has 9 heteroatoms. The molecule has 0 aliphatic carbocycles. The second-order valence-electron chi connectivity index (χ2n) is 3.80. The van der Waals surface area contributed by atoms with Gasteiger partial charge in [0.2, 0.25) is 0 Å². The molecule has 0 aromatic rings. The minimum Gasteiger partial charge on any atom is -0.481 e. The number of carboxylic acid groups (broad SMARTS) is 4. The van der Waals surface area contributed by atoms with Gasteiger partial charge in [-0.25, -0.2) is 9.59 Å². The molecule has 0 amide bonds. The number of hydrogen-bond acceptors (Lipinski definition) is 5. The second-order valence-corrected chi connectivity index (χ2v) is 3.80. The molecule has 9 nitrogen and oxygen atoms in total. The van der Waals surface area contributed by atoms with Crippen LogP contribution in [0.25, 0.3) is 0 Å². The van der Waals surface area contributed by atoms with E-state index < -0.39 is 48.9 Å². The molecule has 0 saturated carbocycles. The van der Waals surface area contributed by atoms with Crippen molar-refractivity contribution in [2.24, 2.45) is 0 Å². The van der Waals surface area contributed by atoms with Gasteiger partial charge in [-0.3, -0.25) is 9.59 Å². The minimum atomic E-state index is -2.24. The second kappa shape index (κ2) is 7.31. The fourth-order valence-electron chi connectivity index (χ4n) is 1.43. The average Bonchev–Trinajstić information content (AvgIpc) is 2.23. The van der Waals surface area contributed by atoms with Gasteiger partial charge in [-0.05, 0) is 12.8 Å². The molecule has 19 heavy (non-hydrogen) atoms. The lowest BCUT2D eigenvalue weighted by Crippen LogP contribution is -2.45. The lowest BCUT2D eigenvalue weighted by atomic mass is 9.92. The standard InChI is InChI=1S/C10H14O9/c11-6(12)2-1-3-10(9(17)18,4-7(13)14)19-5-8(15)16/h1-5H2,(H,11,12)(H,13,14)(H,15,16)(H,17,18). The summed E-state index contributed by atoms with van der Waals surface area (Å²) in [5.41, 5.74) is -2.24. The maximum Gasteiger partial charge on any atom is 0.336 e. The van der Waals surface area contributed by atoms with Gasteiger partial charge in [0, 0.05) is 6.42 Å². The first-order valence-corrected chi connectivity index (χ1v) is 5.22. The largest absolute Gasteiger partial charge is 0.481 e. The molecular formula is C10H14O9. The number of carbonyl (C=O) groups is 4. The highest BCUT2D eigenvalue weighted by atomic mass is 16.5. The number of aliphatic carboxylic acids is 4. The normalized spacial score (nSPS) is 13.5. The van der Waals surface area contributed by atoms with Crippen LogP contribution in [0.2, 0.25) is 0 Å². The maximum absolute atomic E-state index is 11.1. The van der Waals surface area contributed by atoms with E-state index in [4.69, 9.17) is 20.4 Å². The molecule has 1 unspecified atom stereocenters. The SMILES string of the molecule is O=C(O)CCCC(CC(=O)O)(OCC(=O)O)C(=O)O. The smallest absolute Gasteiger partial charge is 0.336 e. The van der Waals surface area contributed by atoms with E-state index in [0.29, 0.717) is 0 Å². The van der Waals surface area contributed by atoms with Gasteiger partial charge >= 0.3 is 23.9 Å². The average molecular weight is 278 g/mol. The van der Waals surface area contributed by atoms with Crippen molar-refractivity contribution in [3.8, 4) is 0 Å². The fraction of sp³-hybridized carbons (Fsp3) is 0.600. The van der Waals surface area contributed by atoms with E-state index in [2.05, 4.69) is 4.74 Å². The summed E-state index contributed by atoms with van der Waals surface area (Å²) >= 11 is 0. The molecule has 108 valence electrons. The number of hydrogen-bond donors (Lipinski definition) is 4. The zero-order valence-electron chi connectivity index (χ0n) is 9.87. The quantitative estimate of drug-likeness (QED) is 0.418. The first kappa shape index (κ1) is 16.8. The predicted molar refractivity (Wildman–Crippen MR) is 57.7 cm³/mol. The summed E-state index contributed by atoms with van der Waals surface area (Å²) in [6, 6.07) is 0. The van der Waals surface area contributed by atoms with E-state index in [1.165, 1.54) is 0 Å². The summed E-state index contributed by atoms with van der Waals surface area (Å²) in [5.74, 6) is -5.74. The van der Waals surface area contributed by atoms with Crippen LogP contribution in [0, 0.1) is 0 Å². The molecule has 0 fully saturated rings. The van der Waals surface area contributed by atoms with Crippen LogP contribution in [0.4, 0.5) is 0 Å². The van der Waals surface area contributed by atoms with Crippen molar-refractivity contribution in [3.05, 3.63) is 0 Å². The van der Waals surface area contributed by atoms with Gasteiger partial charge in [0.25, 0.3) is 0 Å². The molecular weight excluding hydrogens is 264 g/mol. The number of ether oxygens (including phenoxy) is 1. The summed E-state index contributed by atoms with van der Waals surface area (Å²) in [6.45, 7) is -0.980. The molecule has 0 bridgehead atoms. The highest BCUT2D eigenvalue weighted by Gasteiger charge is 2.42. The Morgan fingerprint density at radius 2 is 1.47 bits per heavy atom. The van der Waals surface area contributed by atoms with Crippen molar-refractivity contribution >= 4 is 23.9 Å². The number of rotatable bonds is 10.